The minimum absolute atomic E-state index is 0.863. The molecule has 0 N–H and O–H groups in total. The van der Waals surface area contributed by atoms with Crippen LogP contribution in [0.2, 0.25) is 0 Å². The second kappa shape index (κ2) is 29.7. The molecule has 0 amide bonds. The van der Waals surface area contributed by atoms with E-state index in [4.69, 9.17) is 9.47 Å². The fourth-order valence-corrected chi connectivity index (χ4v) is 3.90. The van der Waals surface area contributed by atoms with E-state index in [0.717, 1.165) is 32.8 Å². The van der Waals surface area contributed by atoms with Crippen LogP contribution in [0.3, 0.4) is 0 Å². The Kier molecular flexibility index (Phi) is 29.3. The van der Waals surface area contributed by atoms with Crippen LogP contribution >= 0.6 is 0 Å². The van der Waals surface area contributed by atoms with Gasteiger partial charge in [-0.2, -0.15) is 0 Å². The van der Waals surface area contributed by atoms with Gasteiger partial charge < -0.3 is 9.47 Å². The molecule has 0 spiro atoms. The first kappa shape index (κ1) is 30.7. The van der Waals surface area contributed by atoms with E-state index in [1.807, 2.05) is 0 Å². The molecule has 2 heteroatoms. The van der Waals surface area contributed by atoms with Gasteiger partial charge in [-0.3, -0.25) is 0 Å². The quantitative estimate of drug-likeness (QED) is 0.0938. The van der Waals surface area contributed by atoms with Gasteiger partial charge in [-0.25, -0.2) is 0 Å². The van der Waals surface area contributed by atoms with Gasteiger partial charge in [0, 0.05) is 26.4 Å². The van der Waals surface area contributed by atoms with Crippen molar-refractivity contribution in [3.63, 3.8) is 0 Å². The van der Waals surface area contributed by atoms with E-state index < -0.39 is 0 Å². The van der Waals surface area contributed by atoms with Crippen LogP contribution < -0.4 is 0 Å². The van der Waals surface area contributed by atoms with E-state index in [-0.39, 0.29) is 0 Å². The fourth-order valence-electron chi connectivity index (χ4n) is 3.90. The highest BCUT2D eigenvalue weighted by atomic mass is 16.5. The zero-order valence-electron chi connectivity index (χ0n) is 21.6. The van der Waals surface area contributed by atoms with Gasteiger partial charge in [-0.05, 0) is 44.9 Å². The number of rotatable bonds is 27. The first-order valence-corrected chi connectivity index (χ1v) is 14.2. The highest BCUT2D eigenvalue weighted by molar-refractivity contribution is 4.81. The number of hydrogen-bond donors (Lipinski definition) is 0. The third-order valence-corrected chi connectivity index (χ3v) is 6.02. The van der Waals surface area contributed by atoms with Crippen LogP contribution in [0.25, 0.3) is 0 Å². The van der Waals surface area contributed by atoms with Crippen LogP contribution in [0.4, 0.5) is 0 Å². The summed E-state index contributed by atoms with van der Waals surface area (Å²) in [7, 11) is 0. The highest BCUT2D eigenvalue weighted by Crippen LogP contribution is 2.10. The van der Waals surface area contributed by atoms with Gasteiger partial charge in [0.15, 0.2) is 0 Å². The molecule has 0 rings (SSSR count). The van der Waals surface area contributed by atoms with Crippen molar-refractivity contribution in [2.45, 2.75) is 149 Å². The van der Waals surface area contributed by atoms with Crippen molar-refractivity contribution in [1.29, 1.82) is 0 Å². The molecule has 0 atom stereocenters. The zero-order valence-corrected chi connectivity index (χ0v) is 21.6. The molecule has 0 aromatic heterocycles. The summed E-state index contributed by atoms with van der Waals surface area (Å²) in [5.74, 6) is 0. The molecule has 0 bridgehead atoms. The Morgan fingerprint density at radius 1 is 0.355 bits per heavy atom. The predicted octanol–water partition coefficient (Wildman–Crippen LogP) is 9.81. The molecule has 0 saturated heterocycles. The third kappa shape index (κ3) is 29.7. The Morgan fingerprint density at radius 3 is 1.10 bits per heavy atom. The van der Waals surface area contributed by atoms with E-state index >= 15 is 0 Å². The summed E-state index contributed by atoms with van der Waals surface area (Å²) in [6.45, 7) is 8.14. The lowest BCUT2D eigenvalue weighted by Crippen LogP contribution is -2.03. The lowest BCUT2D eigenvalue weighted by molar-refractivity contribution is 0.0794. The minimum atomic E-state index is 0.863. The first-order valence-electron chi connectivity index (χ1n) is 14.2. The van der Waals surface area contributed by atoms with Crippen molar-refractivity contribution < 1.29 is 9.47 Å². The van der Waals surface area contributed by atoms with E-state index in [1.165, 1.54) is 128 Å². The molecule has 0 heterocycles. The Hall–Kier alpha value is -0.340. The Morgan fingerprint density at radius 2 is 0.677 bits per heavy atom. The second-order valence-corrected chi connectivity index (χ2v) is 9.28. The van der Waals surface area contributed by atoms with Gasteiger partial charge in [0.05, 0.1) is 0 Å². The summed E-state index contributed by atoms with van der Waals surface area (Å²) in [5.41, 5.74) is 0. The Bertz CT molecular complexity index is 327. The van der Waals surface area contributed by atoms with Crippen LogP contribution in [0.15, 0.2) is 12.2 Å². The monoisotopic (exact) mass is 438 g/mol. The van der Waals surface area contributed by atoms with Gasteiger partial charge in [0.2, 0.25) is 0 Å². The maximum absolute atomic E-state index is 5.74. The molecule has 0 fully saturated rings. The SMILES string of the molecule is CCCCCCCCC=CCCCCCCCCOCCCOCCCCCCCC. The summed E-state index contributed by atoms with van der Waals surface area (Å²) in [5, 5.41) is 0. The maximum Gasteiger partial charge on any atom is 0.0487 e. The van der Waals surface area contributed by atoms with Crippen molar-refractivity contribution in [3.05, 3.63) is 12.2 Å². The average Bonchev–Trinajstić information content (AvgIpc) is 2.78. The fraction of sp³-hybridized carbons (Fsp3) is 0.931. The average molecular weight is 439 g/mol. The van der Waals surface area contributed by atoms with Gasteiger partial charge >= 0.3 is 0 Å². The van der Waals surface area contributed by atoms with Gasteiger partial charge in [0.25, 0.3) is 0 Å². The van der Waals surface area contributed by atoms with Crippen molar-refractivity contribution in [3.8, 4) is 0 Å². The van der Waals surface area contributed by atoms with E-state index in [2.05, 4.69) is 26.0 Å². The molecule has 2 nitrogen and oxygen atoms in total. The lowest BCUT2D eigenvalue weighted by atomic mass is 10.1. The summed E-state index contributed by atoms with van der Waals surface area (Å²) < 4.78 is 11.4. The molecule has 0 saturated carbocycles. The van der Waals surface area contributed by atoms with Crippen molar-refractivity contribution in [2.24, 2.45) is 0 Å². The van der Waals surface area contributed by atoms with E-state index in [0.29, 0.717) is 0 Å². The van der Waals surface area contributed by atoms with Crippen molar-refractivity contribution in [2.75, 3.05) is 26.4 Å². The van der Waals surface area contributed by atoms with E-state index in [1.54, 1.807) is 0 Å². The molecule has 186 valence electrons. The molecule has 0 radical (unpaired) electrons. The summed E-state index contributed by atoms with van der Waals surface area (Å²) in [6, 6.07) is 0. The number of ether oxygens (including phenoxy) is 2. The number of hydrogen-bond acceptors (Lipinski definition) is 2. The van der Waals surface area contributed by atoms with Gasteiger partial charge in [0.1, 0.15) is 0 Å². The molecule has 31 heavy (non-hydrogen) atoms. The number of allylic oxidation sites excluding steroid dienone is 2. The molecule has 0 unspecified atom stereocenters. The maximum atomic E-state index is 5.74. The minimum Gasteiger partial charge on any atom is -0.381 e. The Labute approximate surface area is 196 Å². The summed E-state index contributed by atoms with van der Waals surface area (Å²) in [6.07, 6.45) is 32.9. The number of unbranched alkanes of at least 4 members (excludes halogenated alkanes) is 17. The van der Waals surface area contributed by atoms with Crippen LogP contribution in [0.5, 0.6) is 0 Å². The van der Waals surface area contributed by atoms with Crippen molar-refractivity contribution >= 4 is 0 Å². The topological polar surface area (TPSA) is 18.5 Å². The van der Waals surface area contributed by atoms with Gasteiger partial charge in [-0.1, -0.05) is 116 Å². The largest absolute Gasteiger partial charge is 0.381 e. The molecular weight excluding hydrogens is 380 g/mol. The summed E-state index contributed by atoms with van der Waals surface area (Å²) in [4.78, 5) is 0. The first-order chi connectivity index (χ1) is 15.4. The molecule has 0 aliphatic rings. The summed E-state index contributed by atoms with van der Waals surface area (Å²) >= 11 is 0. The normalized spacial score (nSPS) is 11.7. The second-order valence-electron chi connectivity index (χ2n) is 9.28. The molecule has 0 aliphatic heterocycles. The van der Waals surface area contributed by atoms with Crippen LogP contribution in [-0.2, 0) is 9.47 Å². The van der Waals surface area contributed by atoms with Gasteiger partial charge in [-0.15, -0.1) is 0 Å². The van der Waals surface area contributed by atoms with Crippen LogP contribution in [-0.4, -0.2) is 26.4 Å². The highest BCUT2D eigenvalue weighted by Gasteiger charge is 1.95. The molecule has 0 aromatic rings. The van der Waals surface area contributed by atoms with E-state index in [9.17, 15) is 0 Å². The predicted molar refractivity (Wildman–Crippen MR) is 139 cm³/mol. The van der Waals surface area contributed by atoms with Crippen molar-refractivity contribution in [1.82, 2.24) is 0 Å². The lowest BCUT2D eigenvalue weighted by Gasteiger charge is -2.06. The van der Waals surface area contributed by atoms with Crippen LogP contribution in [0, 0.1) is 0 Å². The Balaban J connectivity index is 3.04. The smallest absolute Gasteiger partial charge is 0.0487 e. The third-order valence-electron chi connectivity index (χ3n) is 6.02. The molecular formula is C29H58O2. The zero-order chi connectivity index (χ0) is 22.5. The standard InChI is InChI=1S/C29H58O2/c1-3-5-7-9-11-12-13-14-15-16-17-18-19-20-22-24-27-31-29-25-28-30-26-23-21-10-8-6-4-2/h14-15H,3-13,16-29H2,1-2H3. The molecule has 0 aromatic carbocycles. The van der Waals surface area contributed by atoms with Crippen LogP contribution in [0.1, 0.15) is 149 Å². The molecule has 0 aliphatic carbocycles.